The first-order valence-corrected chi connectivity index (χ1v) is 13.0. The Morgan fingerprint density at radius 3 is 2.33 bits per heavy atom. The molecule has 0 aliphatic rings. The lowest BCUT2D eigenvalue weighted by atomic mass is 9.99. The van der Waals surface area contributed by atoms with Crippen molar-refractivity contribution in [2.45, 2.75) is 12.6 Å². The van der Waals surface area contributed by atoms with Crippen LogP contribution in [0.5, 0.6) is 0 Å². The van der Waals surface area contributed by atoms with Crippen LogP contribution >= 0.6 is 11.3 Å². The number of benzene rings is 3. The molecule has 3 aromatic carbocycles. The maximum Gasteiger partial charge on any atom is 0.416 e. The Hall–Kier alpha value is -4.64. The average molecular weight is 563 g/mol. The number of nitrogen functional groups attached to an aromatic ring is 1. The summed E-state index contributed by atoms with van der Waals surface area (Å²) >= 11 is 1.56. The van der Waals surface area contributed by atoms with E-state index >= 15 is 0 Å². The maximum atomic E-state index is 13.0. The van der Waals surface area contributed by atoms with Crippen molar-refractivity contribution in [3.8, 4) is 11.1 Å². The molecule has 0 atom stereocenters. The minimum atomic E-state index is -4.50. The summed E-state index contributed by atoms with van der Waals surface area (Å²) < 4.78 is 38.9. The quantitative estimate of drug-likeness (QED) is 0.202. The normalized spacial score (nSPS) is 11.4. The lowest BCUT2D eigenvalue weighted by Gasteiger charge is -2.13. The number of nitrogens with two attached hydrogens (primary N) is 1. The molecule has 0 radical (unpaired) electrons. The summed E-state index contributed by atoms with van der Waals surface area (Å²) in [5, 5.41) is 5.87. The Balaban J connectivity index is 1.39. The second-order valence-corrected chi connectivity index (χ2v) is 10.4. The topological polar surface area (TPSA) is 96.2 Å². The van der Waals surface area contributed by atoms with Crippen molar-refractivity contribution < 1.29 is 18.0 Å². The van der Waals surface area contributed by atoms with Gasteiger partial charge in [-0.05, 0) is 53.6 Å². The largest absolute Gasteiger partial charge is 0.416 e. The molecule has 40 heavy (non-hydrogen) atoms. The van der Waals surface area contributed by atoms with E-state index in [0.29, 0.717) is 17.9 Å². The second-order valence-electron chi connectivity index (χ2n) is 9.31. The SMILES string of the molecule is CN(C)c1ccc(Cc2sc3ncnc(N)c3c2-c2ccc(NC(=O)Nc3cccc(C(F)(F)F)c3)cc2)cc1. The van der Waals surface area contributed by atoms with Crippen LogP contribution in [0, 0.1) is 0 Å². The van der Waals surface area contributed by atoms with E-state index < -0.39 is 17.8 Å². The van der Waals surface area contributed by atoms with Gasteiger partial charge in [-0.25, -0.2) is 14.8 Å². The zero-order valence-electron chi connectivity index (χ0n) is 21.6. The number of nitrogens with zero attached hydrogens (tertiary/aromatic N) is 3. The van der Waals surface area contributed by atoms with Gasteiger partial charge in [0, 0.05) is 48.0 Å². The van der Waals surface area contributed by atoms with Crippen LogP contribution in [0.25, 0.3) is 21.3 Å². The van der Waals surface area contributed by atoms with Gasteiger partial charge in [0.05, 0.1) is 10.9 Å². The molecule has 5 aromatic rings. The van der Waals surface area contributed by atoms with Crippen LogP contribution in [0.2, 0.25) is 0 Å². The molecule has 5 rings (SSSR count). The van der Waals surface area contributed by atoms with E-state index in [4.69, 9.17) is 5.73 Å². The number of aromatic nitrogens is 2. The molecule has 204 valence electrons. The average Bonchev–Trinajstić information content (AvgIpc) is 3.28. The Kier molecular flexibility index (Phi) is 7.31. The first-order valence-electron chi connectivity index (χ1n) is 12.2. The number of urea groups is 1. The fourth-order valence-electron chi connectivity index (χ4n) is 4.32. The van der Waals surface area contributed by atoms with Crippen molar-refractivity contribution in [1.82, 2.24) is 9.97 Å². The van der Waals surface area contributed by atoms with Gasteiger partial charge in [0.25, 0.3) is 0 Å². The molecule has 2 aromatic heterocycles. The summed E-state index contributed by atoms with van der Waals surface area (Å²) in [4.78, 5) is 25.0. The number of thiophene rings is 1. The summed E-state index contributed by atoms with van der Waals surface area (Å²) in [5.41, 5.74) is 9.98. The van der Waals surface area contributed by atoms with E-state index in [-0.39, 0.29) is 5.69 Å². The minimum absolute atomic E-state index is 0.0346. The van der Waals surface area contributed by atoms with Crippen molar-refractivity contribution >= 4 is 50.5 Å². The molecule has 0 saturated carbocycles. The molecule has 0 unspecified atom stereocenters. The molecule has 0 aliphatic carbocycles. The molecular formula is C29H25F3N6OS. The van der Waals surface area contributed by atoms with Gasteiger partial charge in [-0.2, -0.15) is 13.2 Å². The van der Waals surface area contributed by atoms with Gasteiger partial charge in [0.1, 0.15) is 17.0 Å². The summed E-state index contributed by atoms with van der Waals surface area (Å²) in [6.07, 6.45) is -2.38. The maximum absolute atomic E-state index is 13.0. The van der Waals surface area contributed by atoms with E-state index in [1.54, 1.807) is 23.5 Å². The molecule has 2 amide bonds. The van der Waals surface area contributed by atoms with Gasteiger partial charge < -0.3 is 21.3 Å². The Labute approximate surface area is 232 Å². The molecule has 4 N–H and O–H groups in total. The number of anilines is 4. The first kappa shape index (κ1) is 26.9. The van der Waals surface area contributed by atoms with Crippen LogP contribution in [0.15, 0.2) is 79.1 Å². The second kappa shape index (κ2) is 10.9. The summed E-state index contributed by atoms with van der Waals surface area (Å²) in [6.45, 7) is 0. The third kappa shape index (κ3) is 5.84. The molecule has 0 bridgehead atoms. The van der Waals surface area contributed by atoms with Gasteiger partial charge in [-0.3, -0.25) is 0 Å². The van der Waals surface area contributed by atoms with Crippen LogP contribution in [-0.4, -0.2) is 30.1 Å². The van der Waals surface area contributed by atoms with Gasteiger partial charge in [0.15, 0.2) is 0 Å². The molecule has 0 spiro atoms. The van der Waals surface area contributed by atoms with Crippen LogP contribution in [0.3, 0.4) is 0 Å². The van der Waals surface area contributed by atoms with Crippen LogP contribution in [-0.2, 0) is 12.6 Å². The summed E-state index contributed by atoms with van der Waals surface area (Å²) in [6, 6.07) is 19.3. The molecule has 11 heteroatoms. The van der Waals surface area contributed by atoms with Crippen LogP contribution < -0.4 is 21.3 Å². The van der Waals surface area contributed by atoms with E-state index in [1.165, 1.54) is 18.5 Å². The first-order chi connectivity index (χ1) is 19.1. The zero-order chi connectivity index (χ0) is 28.4. The summed E-state index contributed by atoms with van der Waals surface area (Å²) in [5.74, 6) is 0.383. The van der Waals surface area contributed by atoms with Crippen molar-refractivity contribution in [3.05, 3.63) is 95.1 Å². The highest BCUT2D eigenvalue weighted by atomic mass is 32.1. The highest BCUT2D eigenvalue weighted by molar-refractivity contribution is 7.19. The van der Waals surface area contributed by atoms with Gasteiger partial charge in [-0.15, -0.1) is 11.3 Å². The highest BCUT2D eigenvalue weighted by Crippen LogP contribution is 2.41. The van der Waals surface area contributed by atoms with Crippen LogP contribution in [0.1, 0.15) is 16.0 Å². The van der Waals surface area contributed by atoms with E-state index in [0.717, 1.165) is 49.6 Å². The predicted octanol–water partition coefficient (Wildman–Crippen LogP) is 7.26. The number of alkyl halides is 3. The number of rotatable bonds is 6. The smallest absolute Gasteiger partial charge is 0.383 e. The number of hydrogen-bond acceptors (Lipinski definition) is 6. The van der Waals surface area contributed by atoms with Gasteiger partial charge >= 0.3 is 12.2 Å². The van der Waals surface area contributed by atoms with E-state index in [1.807, 2.05) is 31.1 Å². The number of amides is 2. The molecule has 7 nitrogen and oxygen atoms in total. The number of fused-ring (bicyclic) bond motifs is 1. The predicted molar refractivity (Wildman–Crippen MR) is 155 cm³/mol. The standard InChI is InChI=1S/C29H25F3N6OS/c1-38(2)22-12-6-17(7-13-22)14-23-24(25-26(33)34-16-35-27(25)40-23)18-8-10-20(11-9-18)36-28(39)37-21-5-3-4-19(15-21)29(30,31)32/h3-13,15-16H,14H2,1-2H3,(H2,33,34,35)(H2,36,37,39). The number of nitrogens with one attached hydrogen (secondary N) is 2. The highest BCUT2D eigenvalue weighted by Gasteiger charge is 2.30. The summed E-state index contributed by atoms with van der Waals surface area (Å²) in [7, 11) is 3.99. The van der Waals surface area contributed by atoms with Crippen molar-refractivity contribution in [3.63, 3.8) is 0 Å². The molecule has 0 fully saturated rings. The molecular weight excluding hydrogens is 537 g/mol. The van der Waals surface area contributed by atoms with Crippen LogP contribution in [0.4, 0.5) is 40.8 Å². The van der Waals surface area contributed by atoms with Gasteiger partial charge in [0.2, 0.25) is 0 Å². The number of carbonyl (C=O) groups is 1. The molecule has 0 saturated heterocycles. The number of halogens is 3. The number of hydrogen-bond donors (Lipinski definition) is 3. The number of carbonyl (C=O) groups excluding carboxylic acids is 1. The van der Waals surface area contributed by atoms with E-state index in [9.17, 15) is 18.0 Å². The fourth-order valence-corrected chi connectivity index (χ4v) is 5.52. The Morgan fingerprint density at radius 1 is 0.950 bits per heavy atom. The fraction of sp³-hybridized carbons (Fsp3) is 0.138. The third-order valence-electron chi connectivity index (χ3n) is 6.29. The Bertz CT molecular complexity index is 1660. The Morgan fingerprint density at radius 2 is 1.65 bits per heavy atom. The minimum Gasteiger partial charge on any atom is -0.383 e. The lowest BCUT2D eigenvalue weighted by Crippen LogP contribution is -2.19. The van der Waals surface area contributed by atoms with Gasteiger partial charge in [-0.1, -0.05) is 30.3 Å². The third-order valence-corrected chi connectivity index (χ3v) is 7.38. The zero-order valence-corrected chi connectivity index (χ0v) is 22.4. The molecule has 2 heterocycles. The van der Waals surface area contributed by atoms with Crippen molar-refractivity contribution in [2.24, 2.45) is 0 Å². The van der Waals surface area contributed by atoms with E-state index in [2.05, 4.69) is 44.9 Å². The van der Waals surface area contributed by atoms with Crippen molar-refractivity contribution in [2.75, 3.05) is 35.4 Å². The lowest BCUT2D eigenvalue weighted by molar-refractivity contribution is -0.137. The van der Waals surface area contributed by atoms with Crippen molar-refractivity contribution in [1.29, 1.82) is 0 Å². The monoisotopic (exact) mass is 562 g/mol. The molecule has 0 aliphatic heterocycles.